The topological polar surface area (TPSA) is 18.5 Å². The van der Waals surface area contributed by atoms with Gasteiger partial charge in [-0.05, 0) is 94.8 Å². The number of aryl methyl sites for hydroxylation is 1. The van der Waals surface area contributed by atoms with Gasteiger partial charge in [-0.2, -0.15) is 0 Å². The lowest BCUT2D eigenvalue weighted by Crippen LogP contribution is -2.11. The number of rotatable bonds is 3. The maximum Gasteiger partial charge on any atom is 0.127 e. The molecule has 2 aliphatic rings. The number of hydrogen-bond donors (Lipinski definition) is 0. The molecule has 2 nitrogen and oxygen atoms in total. The Morgan fingerprint density at radius 3 is 2.52 bits per heavy atom. The van der Waals surface area contributed by atoms with E-state index in [1.807, 2.05) is 0 Å². The van der Waals surface area contributed by atoms with Crippen LogP contribution < -0.4 is 9.47 Å². The molecule has 0 aromatic heterocycles. The molecular formula is C26H23BrO2. The summed E-state index contributed by atoms with van der Waals surface area (Å²) in [5.74, 6) is 1.77. The van der Waals surface area contributed by atoms with Gasteiger partial charge in [-0.15, -0.1) is 0 Å². The SMILES string of the molecule is COc1ccc2c3c(cc(OC)c2c1)C1=CCCC(c2cccc(Br)c2)=C1CC3. The minimum Gasteiger partial charge on any atom is -0.497 e. The number of benzene rings is 3. The number of halogens is 1. The van der Waals surface area contributed by atoms with Crippen LogP contribution in [0.4, 0.5) is 0 Å². The van der Waals surface area contributed by atoms with Gasteiger partial charge in [0.25, 0.3) is 0 Å². The minimum absolute atomic E-state index is 0.862. The lowest BCUT2D eigenvalue weighted by molar-refractivity contribution is 0.412. The highest BCUT2D eigenvalue weighted by Gasteiger charge is 2.27. The van der Waals surface area contributed by atoms with Gasteiger partial charge in [-0.1, -0.05) is 40.2 Å². The van der Waals surface area contributed by atoms with Crippen LogP contribution in [-0.4, -0.2) is 14.2 Å². The van der Waals surface area contributed by atoms with Gasteiger partial charge in [0.05, 0.1) is 14.2 Å². The summed E-state index contributed by atoms with van der Waals surface area (Å²) in [5, 5.41) is 2.40. The Hall–Kier alpha value is -2.52. The van der Waals surface area contributed by atoms with Crippen LogP contribution in [0.1, 0.15) is 36.0 Å². The van der Waals surface area contributed by atoms with E-state index in [1.165, 1.54) is 38.8 Å². The molecule has 3 heteroatoms. The second-order valence-corrected chi connectivity index (χ2v) is 8.56. The summed E-state index contributed by atoms with van der Waals surface area (Å²) >= 11 is 3.64. The van der Waals surface area contributed by atoms with E-state index >= 15 is 0 Å². The predicted octanol–water partition coefficient (Wildman–Crippen LogP) is 7.20. The molecule has 0 unspecified atom stereocenters. The number of fused-ring (bicyclic) bond motifs is 5. The van der Waals surface area contributed by atoms with Gasteiger partial charge in [0, 0.05) is 9.86 Å². The van der Waals surface area contributed by atoms with Gasteiger partial charge in [-0.3, -0.25) is 0 Å². The van der Waals surface area contributed by atoms with Crippen molar-refractivity contribution in [2.24, 2.45) is 0 Å². The average Bonchev–Trinajstić information content (AvgIpc) is 2.77. The number of methoxy groups -OCH3 is 2. The Morgan fingerprint density at radius 1 is 0.828 bits per heavy atom. The quantitative estimate of drug-likeness (QED) is 0.423. The van der Waals surface area contributed by atoms with E-state index < -0.39 is 0 Å². The Labute approximate surface area is 180 Å². The van der Waals surface area contributed by atoms with E-state index in [-0.39, 0.29) is 0 Å². The molecule has 0 saturated carbocycles. The van der Waals surface area contributed by atoms with Crippen molar-refractivity contribution in [1.29, 1.82) is 0 Å². The fourth-order valence-corrected chi connectivity index (χ4v) is 5.24. The molecule has 0 N–H and O–H groups in total. The molecule has 29 heavy (non-hydrogen) atoms. The smallest absolute Gasteiger partial charge is 0.127 e. The van der Waals surface area contributed by atoms with E-state index in [0.29, 0.717) is 0 Å². The van der Waals surface area contributed by atoms with E-state index in [2.05, 4.69) is 70.5 Å². The van der Waals surface area contributed by atoms with Crippen molar-refractivity contribution in [1.82, 2.24) is 0 Å². The lowest BCUT2D eigenvalue weighted by atomic mass is 9.75. The van der Waals surface area contributed by atoms with E-state index in [0.717, 1.165) is 47.0 Å². The summed E-state index contributed by atoms with van der Waals surface area (Å²) in [6.07, 6.45) is 6.72. The number of hydrogen-bond acceptors (Lipinski definition) is 2. The van der Waals surface area contributed by atoms with Crippen LogP contribution in [0.2, 0.25) is 0 Å². The van der Waals surface area contributed by atoms with Crippen molar-refractivity contribution in [2.75, 3.05) is 14.2 Å². The van der Waals surface area contributed by atoms with Crippen molar-refractivity contribution < 1.29 is 9.47 Å². The van der Waals surface area contributed by atoms with Gasteiger partial charge in [0.2, 0.25) is 0 Å². The second-order valence-electron chi connectivity index (χ2n) is 7.64. The molecule has 0 aliphatic heterocycles. The van der Waals surface area contributed by atoms with E-state index in [4.69, 9.17) is 9.47 Å². The van der Waals surface area contributed by atoms with E-state index in [1.54, 1.807) is 14.2 Å². The molecule has 3 aromatic carbocycles. The summed E-state index contributed by atoms with van der Waals surface area (Å²) in [4.78, 5) is 0. The van der Waals surface area contributed by atoms with Crippen molar-refractivity contribution in [3.63, 3.8) is 0 Å². The molecule has 0 fully saturated rings. The first kappa shape index (κ1) is 18.5. The van der Waals surface area contributed by atoms with Crippen LogP contribution in [0.5, 0.6) is 11.5 Å². The third-order valence-corrected chi connectivity index (χ3v) is 6.65. The summed E-state index contributed by atoms with van der Waals surface area (Å²) in [7, 11) is 3.46. The van der Waals surface area contributed by atoms with Crippen molar-refractivity contribution >= 4 is 37.8 Å². The van der Waals surface area contributed by atoms with E-state index in [9.17, 15) is 0 Å². The molecule has 2 aliphatic carbocycles. The van der Waals surface area contributed by atoms with Crippen molar-refractivity contribution in [3.05, 3.63) is 81.3 Å². The molecule has 0 atom stereocenters. The molecule has 0 spiro atoms. The summed E-state index contributed by atoms with van der Waals surface area (Å²) in [6.45, 7) is 0. The second kappa shape index (κ2) is 7.38. The fourth-order valence-electron chi connectivity index (χ4n) is 4.84. The van der Waals surface area contributed by atoms with Gasteiger partial charge in [0.15, 0.2) is 0 Å². The fraction of sp³-hybridized carbons (Fsp3) is 0.231. The first-order chi connectivity index (χ1) is 14.2. The van der Waals surface area contributed by atoms with Crippen LogP contribution in [0, 0.1) is 0 Å². The van der Waals surface area contributed by atoms with Crippen LogP contribution in [0.25, 0.3) is 21.9 Å². The lowest BCUT2D eigenvalue weighted by Gasteiger charge is -2.30. The zero-order chi connectivity index (χ0) is 20.0. The van der Waals surface area contributed by atoms with Gasteiger partial charge in [0.1, 0.15) is 11.5 Å². The molecule has 0 amide bonds. The highest BCUT2D eigenvalue weighted by atomic mass is 79.9. The summed E-state index contributed by atoms with van der Waals surface area (Å²) < 4.78 is 12.4. The molecule has 0 radical (unpaired) electrons. The standard InChI is InChI=1S/C26H23BrO2/c1-28-18-9-10-23-22-12-11-21-19(16-5-3-6-17(27)13-16)7-4-8-20(21)24(22)15-26(29-2)25(23)14-18/h3,5-6,8-10,13-15H,4,7,11-12H2,1-2H3. The van der Waals surface area contributed by atoms with Gasteiger partial charge >= 0.3 is 0 Å². The average molecular weight is 447 g/mol. The molecule has 146 valence electrons. The van der Waals surface area contributed by atoms with Crippen LogP contribution in [0.3, 0.4) is 0 Å². The maximum absolute atomic E-state index is 5.79. The Balaban J connectivity index is 1.72. The maximum atomic E-state index is 5.79. The molecule has 0 heterocycles. The first-order valence-electron chi connectivity index (χ1n) is 10.1. The third kappa shape index (κ3) is 3.08. The summed E-state index contributed by atoms with van der Waals surface area (Å²) in [6, 6.07) is 17.3. The predicted molar refractivity (Wildman–Crippen MR) is 124 cm³/mol. The molecule has 3 aromatic rings. The Bertz CT molecular complexity index is 1190. The highest BCUT2D eigenvalue weighted by Crippen LogP contribution is 2.48. The largest absolute Gasteiger partial charge is 0.497 e. The zero-order valence-corrected chi connectivity index (χ0v) is 18.3. The first-order valence-corrected chi connectivity index (χ1v) is 10.9. The zero-order valence-electron chi connectivity index (χ0n) is 16.7. The molecule has 0 bridgehead atoms. The normalized spacial score (nSPS) is 15.6. The molecule has 5 rings (SSSR count). The molecular weight excluding hydrogens is 424 g/mol. The monoisotopic (exact) mass is 446 g/mol. The van der Waals surface area contributed by atoms with Crippen molar-refractivity contribution in [2.45, 2.75) is 25.7 Å². The third-order valence-electron chi connectivity index (χ3n) is 6.16. The van der Waals surface area contributed by atoms with Gasteiger partial charge < -0.3 is 9.47 Å². The number of ether oxygens (including phenoxy) is 2. The number of allylic oxidation sites excluding steroid dienone is 4. The van der Waals surface area contributed by atoms with Crippen molar-refractivity contribution in [3.8, 4) is 11.5 Å². The van der Waals surface area contributed by atoms with Gasteiger partial charge in [-0.25, -0.2) is 0 Å². The van der Waals surface area contributed by atoms with Crippen LogP contribution >= 0.6 is 15.9 Å². The highest BCUT2D eigenvalue weighted by molar-refractivity contribution is 9.10. The Morgan fingerprint density at radius 2 is 1.72 bits per heavy atom. The minimum atomic E-state index is 0.862. The van der Waals surface area contributed by atoms with Crippen LogP contribution in [0.15, 0.2) is 64.7 Å². The molecule has 0 saturated heterocycles. The van der Waals surface area contributed by atoms with Crippen LogP contribution in [-0.2, 0) is 6.42 Å². The Kier molecular flexibility index (Phi) is 4.71. The summed E-state index contributed by atoms with van der Waals surface area (Å²) in [5.41, 5.74) is 8.46.